The molecule has 1 fully saturated rings. The number of primary amides is 1. The number of aromatic nitrogens is 1. The number of rotatable bonds is 6. The molecule has 0 bridgehead atoms. The number of carbonyl (C=O) groups is 1. The van der Waals surface area contributed by atoms with Crippen molar-refractivity contribution in [2.24, 2.45) is 5.73 Å². The van der Waals surface area contributed by atoms with Crippen molar-refractivity contribution in [3.63, 3.8) is 0 Å². The maximum atomic E-state index is 13.6. The van der Waals surface area contributed by atoms with Crippen molar-refractivity contribution in [3.8, 4) is 5.75 Å². The second-order valence-corrected chi connectivity index (χ2v) is 5.94. The van der Waals surface area contributed by atoms with Crippen molar-refractivity contribution < 1.29 is 13.9 Å². The lowest BCUT2D eigenvalue weighted by molar-refractivity contribution is -0.122. The Balaban J connectivity index is 1.63. The van der Waals surface area contributed by atoms with E-state index in [4.69, 9.17) is 10.5 Å². The van der Waals surface area contributed by atoms with Gasteiger partial charge < -0.3 is 10.5 Å². The van der Waals surface area contributed by atoms with Crippen LogP contribution in [-0.2, 0) is 17.9 Å². The Morgan fingerprint density at radius 2 is 2.21 bits per heavy atom. The van der Waals surface area contributed by atoms with Crippen molar-refractivity contribution in [1.29, 1.82) is 0 Å². The largest absolute Gasteiger partial charge is 0.487 e. The monoisotopic (exact) mass is 329 g/mol. The first-order valence-electron chi connectivity index (χ1n) is 7.91. The summed E-state index contributed by atoms with van der Waals surface area (Å²) in [7, 11) is 0. The lowest BCUT2D eigenvalue weighted by atomic mass is 10.1. The summed E-state index contributed by atoms with van der Waals surface area (Å²) in [6.45, 7) is 1.08. The predicted molar refractivity (Wildman–Crippen MR) is 87.9 cm³/mol. The zero-order valence-electron chi connectivity index (χ0n) is 13.3. The Bertz CT molecular complexity index is 696. The van der Waals surface area contributed by atoms with Crippen LogP contribution in [0.1, 0.15) is 17.7 Å². The molecule has 2 heterocycles. The number of nitrogens with two attached hydrogens (primary N) is 1. The number of pyridine rings is 1. The number of carbonyl (C=O) groups excluding carboxylic acids is 1. The Labute approximate surface area is 140 Å². The number of ether oxygens (including phenoxy) is 1. The summed E-state index contributed by atoms with van der Waals surface area (Å²) >= 11 is 0. The standard InChI is InChI=1S/C18H20FN3O2/c19-14-9-17(18(20)23)22(11-14)10-13-4-3-6-16(8-13)24-12-15-5-1-2-7-21-15/h1-8,14,17H,9-12H2,(H2,20,23)/t14-,17+/m1/s1. The summed E-state index contributed by atoms with van der Waals surface area (Å²) in [6, 6.07) is 12.7. The zero-order valence-corrected chi connectivity index (χ0v) is 13.3. The highest BCUT2D eigenvalue weighted by Gasteiger charge is 2.35. The lowest BCUT2D eigenvalue weighted by Gasteiger charge is -2.21. The molecule has 0 saturated carbocycles. The molecule has 3 rings (SSSR count). The predicted octanol–water partition coefficient (Wildman–Crippen LogP) is 2.06. The fourth-order valence-electron chi connectivity index (χ4n) is 2.93. The van der Waals surface area contributed by atoms with E-state index in [0.29, 0.717) is 18.9 Å². The van der Waals surface area contributed by atoms with Gasteiger partial charge in [0.25, 0.3) is 0 Å². The summed E-state index contributed by atoms with van der Waals surface area (Å²) < 4.78 is 19.3. The van der Waals surface area contributed by atoms with Crippen molar-refractivity contribution in [1.82, 2.24) is 9.88 Å². The van der Waals surface area contributed by atoms with Gasteiger partial charge in [0.2, 0.25) is 5.91 Å². The van der Waals surface area contributed by atoms with Crippen LogP contribution in [0.5, 0.6) is 5.75 Å². The van der Waals surface area contributed by atoms with Crippen LogP contribution in [0, 0.1) is 0 Å². The maximum Gasteiger partial charge on any atom is 0.234 e. The molecule has 0 radical (unpaired) electrons. The Hall–Kier alpha value is -2.47. The van der Waals surface area contributed by atoms with Crippen LogP contribution in [0.4, 0.5) is 4.39 Å². The van der Waals surface area contributed by atoms with E-state index < -0.39 is 18.1 Å². The minimum absolute atomic E-state index is 0.172. The van der Waals surface area contributed by atoms with Gasteiger partial charge in [0.15, 0.2) is 0 Å². The zero-order chi connectivity index (χ0) is 16.9. The molecule has 1 amide bonds. The summed E-state index contributed by atoms with van der Waals surface area (Å²) in [5.41, 5.74) is 7.16. The average molecular weight is 329 g/mol. The van der Waals surface area contributed by atoms with Gasteiger partial charge in [0, 0.05) is 25.7 Å². The third kappa shape index (κ3) is 4.08. The number of benzene rings is 1. The molecule has 1 aromatic carbocycles. The van der Waals surface area contributed by atoms with Crippen molar-refractivity contribution >= 4 is 5.91 Å². The number of halogens is 1. The third-order valence-corrected chi connectivity index (χ3v) is 4.08. The molecular formula is C18H20FN3O2. The van der Waals surface area contributed by atoms with Crippen LogP contribution in [0.25, 0.3) is 0 Å². The van der Waals surface area contributed by atoms with E-state index in [0.717, 1.165) is 11.3 Å². The molecule has 1 saturated heterocycles. The molecule has 1 aromatic heterocycles. The molecule has 2 atom stereocenters. The van der Waals surface area contributed by atoms with Crippen LogP contribution in [-0.4, -0.2) is 34.5 Å². The minimum Gasteiger partial charge on any atom is -0.487 e. The molecule has 0 spiro atoms. The summed E-state index contributed by atoms with van der Waals surface area (Å²) in [5, 5.41) is 0. The summed E-state index contributed by atoms with van der Waals surface area (Å²) in [4.78, 5) is 17.4. The van der Waals surface area contributed by atoms with Gasteiger partial charge in [-0.2, -0.15) is 0 Å². The lowest BCUT2D eigenvalue weighted by Crippen LogP contribution is -2.39. The fourth-order valence-corrected chi connectivity index (χ4v) is 2.93. The second-order valence-electron chi connectivity index (χ2n) is 5.94. The first-order chi connectivity index (χ1) is 11.6. The molecule has 2 N–H and O–H groups in total. The molecule has 24 heavy (non-hydrogen) atoms. The molecule has 1 aliphatic heterocycles. The highest BCUT2D eigenvalue weighted by Crippen LogP contribution is 2.24. The molecular weight excluding hydrogens is 309 g/mol. The van der Waals surface area contributed by atoms with Gasteiger partial charge in [0.05, 0.1) is 11.7 Å². The number of hydrogen-bond acceptors (Lipinski definition) is 4. The molecule has 5 nitrogen and oxygen atoms in total. The number of nitrogens with zero attached hydrogens (tertiary/aromatic N) is 2. The van der Waals surface area contributed by atoms with Gasteiger partial charge in [0.1, 0.15) is 18.5 Å². The van der Waals surface area contributed by atoms with E-state index >= 15 is 0 Å². The van der Waals surface area contributed by atoms with Crippen molar-refractivity contribution in [3.05, 3.63) is 59.9 Å². The quantitative estimate of drug-likeness (QED) is 0.881. The average Bonchev–Trinajstić information content (AvgIpc) is 2.95. The molecule has 2 aromatic rings. The molecule has 6 heteroatoms. The van der Waals surface area contributed by atoms with Gasteiger partial charge in [-0.1, -0.05) is 18.2 Å². The SMILES string of the molecule is NC(=O)[C@@H]1C[C@@H](F)CN1Cc1cccc(OCc2ccccn2)c1. The maximum absolute atomic E-state index is 13.6. The van der Waals surface area contributed by atoms with Crippen molar-refractivity contribution in [2.75, 3.05) is 6.54 Å². The van der Waals surface area contributed by atoms with E-state index in [-0.39, 0.29) is 13.0 Å². The smallest absolute Gasteiger partial charge is 0.234 e. The van der Waals surface area contributed by atoms with Crippen molar-refractivity contribution in [2.45, 2.75) is 31.8 Å². The van der Waals surface area contributed by atoms with Gasteiger partial charge in [-0.15, -0.1) is 0 Å². The summed E-state index contributed by atoms with van der Waals surface area (Å²) in [6.07, 6.45) is 0.886. The van der Waals surface area contributed by atoms with Crippen LogP contribution in [0.3, 0.4) is 0 Å². The second kappa shape index (κ2) is 7.40. The Kier molecular flexibility index (Phi) is 5.05. The van der Waals surface area contributed by atoms with Gasteiger partial charge >= 0.3 is 0 Å². The van der Waals surface area contributed by atoms with Gasteiger partial charge in [-0.05, 0) is 29.8 Å². The van der Waals surface area contributed by atoms with E-state index in [1.807, 2.05) is 42.5 Å². The van der Waals surface area contributed by atoms with E-state index in [9.17, 15) is 9.18 Å². The molecule has 1 aliphatic rings. The Morgan fingerprint density at radius 3 is 2.96 bits per heavy atom. The van der Waals surface area contributed by atoms with Gasteiger partial charge in [-0.25, -0.2) is 4.39 Å². The van der Waals surface area contributed by atoms with Gasteiger partial charge in [-0.3, -0.25) is 14.7 Å². The fraction of sp³-hybridized carbons (Fsp3) is 0.333. The molecule has 126 valence electrons. The number of hydrogen-bond donors (Lipinski definition) is 1. The molecule has 0 unspecified atom stereocenters. The van der Waals surface area contributed by atoms with E-state index in [2.05, 4.69) is 4.98 Å². The molecule has 0 aliphatic carbocycles. The minimum atomic E-state index is -1.01. The summed E-state index contributed by atoms with van der Waals surface area (Å²) in [5.74, 6) is 0.238. The first kappa shape index (κ1) is 16.4. The van der Waals surface area contributed by atoms with Crippen LogP contribution in [0.15, 0.2) is 48.7 Å². The highest BCUT2D eigenvalue weighted by molar-refractivity contribution is 5.80. The first-order valence-corrected chi connectivity index (χ1v) is 7.91. The normalized spacial score (nSPS) is 20.9. The topological polar surface area (TPSA) is 68.5 Å². The third-order valence-electron chi connectivity index (χ3n) is 4.08. The number of likely N-dealkylation sites (tertiary alicyclic amines) is 1. The number of amides is 1. The van der Waals surface area contributed by atoms with E-state index in [1.165, 1.54) is 0 Å². The number of alkyl halides is 1. The van der Waals surface area contributed by atoms with Crippen LogP contribution < -0.4 is 10.5 Å². The van der Waals surface area contributed by atoms with Crippen LogP contribution in [0.2, 0.25) is 0 Å². The van der Waals surface area contributed by atoms with Crippen LogP contribution >= 0.6 is 0 Å². The highest BCUT2D eigenvalue weighted by atomic mass is 19.1. The van der Waals surface area contributed by atoms with E-state index in [1.54, 1.807) is 11.1 Å². The Morgan fingerprint density at radius 1 is 1.33 bits per heavy atom.